The fourth-order valence-corrected chi connectivity index (χ4v) is 3.71. The first-order chi connectivity index (χ1) is 14.7. The average Bonchev–Trinajstić information content (AvgIpc) is 3.27. The van der Waals surface area contributed by atoms with E-state index in [0.29, 0.717) is 18.5 Å². The minimum Gasteiger partial charge on any atom is -0.497 e. The molecule has 30 heavy (non-hydrogen) atoms. The molecule has 0 aliphatic carbocycles. The van der Waals surface area contributed by atoms with Crippen LogP contribution >= 0.6 is 0 Å². The lowest BCUT2D eigenvalue weighted by atomic mass is 9.98. The van der Waals surface area contributed by atoms with Crippen LogP contribution in [0.5, 0.6) is 5.75 Å². The van der Waals surface area contributed by atoms with Gasteiger partial charge >= 0.3 is 0 Å². The third-order valence-corrected chi connectivity index (χ3v) is 5.35. The minimum atomic E-state index is -0.183. The van der Waals surface area contributed by atoms with Crippen LogP contribution in [0, 0.1) is 0 Å². The van der Waals surface area contributed by atoms with Crippen LogP contribution in [-0.4, -0.2) is 25.8 Å². The van der Waals surface area contributed by atoms with Gasteiger partial charge < -0.3 is 15.8 Å². The monoisotopic (exact) mass is 399 g/mol. The van der Waals surface area contributed by atoms with Crippen molar-refractivity contribution in [3.05, 3.63) is 89.0 Å². The third-order valence-electron chi connectivity index (χ3n) is 5.35. The van der Waals surface area contributed by atoms with Gasteiger partial charge in [0.25, 0.3) is 5.91 Å². The Morgan fingerprint density at radius 3 is 2.77 bits per heavy atom. The van der Waals surface area contributed by atoms with Crippen molar-refractivity contribution in [1.29, 1.82) is 0 Å². The molecule has 1 aliphatic heterocycles. The average molecular weight is 399 g/mol. The standard InChI is InChI=1S/C25H25N3O2/c1-30-23-7-3-5-19(14-23)24(10-11-26)28-25(29)20-6-2-4-17(12-20)18-8-9-21-15-27-16-22(21)13-18/h2-9,12-14,16,24H,10-11,15,26H2,1H3,(H,28,29). The molecule has 0 aromatic heterocycles. The molecule has 5 heteroatoms. The van der Waals surface area contributed by atoms with Crippen LogP contribution in [0.2, 0.25) is 0 Å². The van der Waals surface area contributed by atoms with E-state index in [0.717, 1.165) is 34.5 Å². The molecule has 3 aromatic carbocycles. The van der Waals surface area contributed by atoms with Crippen LogP contribution in [0.3, 0.4) is 0 Å². The third kappa shape index (κ3) is 4.26. The number of carbonyl (C=O) groups is 1. The number of nitrogens with zero attached hydrogens (tertiary/aromatic N) is 1. The minimum absolute atomic E-state index is 0.124. The predicted molar refractivity (Wildman–Crippen MR) is 120 cm³/mol. The zero-order chi connectivity index (χ0) is 20.9. The number of carbonyl (C=O) groups excluding carboxylic acids is 1. The highest BCUT2D eigenvalue weighted by atomic mass is 16.5. The number of hydrogen-bond acceptors (Lipinski definition) is 4. The number of benzene rings is 3. The lowest BCUT2D eigenvalue weighted by Gasteiger charge is -2.19. The maximum Gasteiger partial charge on any atom is 0.251 e. The van der Waals surface area contributed by atoms with Gasteiger partial charge in [0.05, 0.1) is 19.7 Å². The highest BCUT2D eigenvalue weighted by molar-refractivity contribution is 5.96. The number of amides is 1. The van der Waals surface area contributed by atoms with E-state index < -0.39 is 0 Å². The molecular formula is C25H25N3O2. The second kappa shape index (κ2) is 8.93. The summed E-state index contributed by atoms with van der Waals surface area (Å²) in [5.74, 6) is 0.631. The number of methoxy groups -OCH3 is 1. The molecule has 3 aromatic rings. The van der Waals surface area contributed by atoms with E-state index in [1.807, 2.05) is 54.7 Å². The van der Waals surface area contributed by atoms with Gasteiger partial charge in [0.1, 0.15) is 5.75 Å². The summed E-state index contributed by atoms with van der Waals surface area (Å²) in [6.45, 7) is 1.21. The molecule has 1 amide bonds. The number of aliphatic imine (C=N–C) groups is 1. The van der Waals surface area contributed by atoms with Crippen molar-refractivity contribution in [3.8, 4) is 16.9 Å². The van der Waals surface area contributed by atoms with E-state index in [1.165, 1.54) is 5.56 Å². The largest absolute Gasteiger partial charge is 0.497 e. The van der Waals surface area contributed by atoms with Crippen LogP contribution in [0.25, 0.3) is 11.1 Å². The topological polar surface area (TPSA) is 76.7 Å². The highest BCUT2D eigenvalue weighted by Gasteiger charge is 2.17. The molecule has 0 bridgehead atoms. The normalized spacial score (nSPS) is 13.0. The van der Waals surface area contributed by atoms with Gasteiger partial charge in [0, 0.05) is 11.8 Å². The van der Waals surface area contributed by atoms with E-state index in [9.17, 15) is 4.79 Å². The van der Waals surface area contributed by atoms with Crippen molar-refractivity contribution in [2.75, 3.05) is 13.7 Å². The summed E-state index contributed by atoms with van der Waals surface area (Å²) in [4.78, 5) is 17.3. The Hall–Kier alpha value is -3.44. The summed E-state index contributed by atoms with van der Waals surface area (Å²) >= 11 is 0. The van der Waals surface area contributed by atoms with Crippen LogP contribution in [0.1, 0.15) is 39.5 Å². The number of fused-ring (bicyclic) bond motifs is 1. The Balaban J connectivity index is 1.56. The number of rotatable bonds is 7. The molecule has 1 unspecified atom stereocenters. The van der Waals surface area contributed by atoms with Crippen LogP contribution < -0.4 is 15.8 Å². The van der Waals surface area contributed by atoms with Gasteiger partial charge in [-0.25, -0.2) is 0 Å². The van der Waals surface area contributed by atoms with Gasteiger partial charge in [-0.2, -0.15) is 0 Å². The van der Waals surface area contributed by atoms with Crippen molar-refractivity contribution in [2.24, 2.45) is 10.7 Å². The molecule has 0 radical (unpaired) electrons. The van der Waals surface area contributed by atoms with E-state index in [4.69, 9.17) is 10.5 Å². The zero-order valence-electron chi connectivity index (χ0n) is 17.0. The van der Waals surface area contributed by atoms with E-state index >= 15 is 0 Å². The lowest BCUT2D eigenvalue weighted by molar-refractivity contribution is 0.0935. The SMILES string of the molecule is COc1cccc(C(CCN)NC(=O)c2cccc(-c3ccc4c(c3)C=NC4)c2)c1. The van der Waals surface area contributed by atoms with Gasteiger partial charge in [-0.15, -0.1) is 0 Å². The van der Waals surface area contributed by atoms with Gasteiger partial charge in [-0.1, -0.05) is 36.4 Å². The predicted octanol–water partition coefficient (Wildman–Crippen LogP) is 4.11. The molecule has 0 fully saturated rings. The summed E-state index contributed by atoms with van der Waals surface area (Å²) in [7, 11) is 1.63. The number of nitrogens with two attached hydrogens (primary N) is 1. The summed E-state index contributed by atoms with van der Waals surface area (Å²) in [5, 5.41) is 3.13. The lowest BCUT2D eigenvalue weighted by Crippen LogP contribution is -2.30. The van der Waals surface area contributed by atoms with E-state index in [2.05, 4.69) is 28.5 Å². The Labute approximate surface area is 176 Å². The first-order valence-electron chi connectivity index (χ1n) is 10.1. The second-order valence-corrected chi connectivity index (χ2v) is 7.34. The summed E-state index contributed by atoms with van der Waals surface area (Å²) < 4.78 is 5.32. The smallest absolute Gasteiger partial charge is 0.251 e. The van der Waals surface area contributed by atoms with Gasteiger partial charge in [-0.05, 0) is 71.1 Å². The molecule has 0 saturated carbocycles. The molecular weight excluding hydrogens is 374 g/mol. The number of hydrogen-bond donors (Lipinski definition) is 2. The van der Waals surface area contributed by atoms with Crippen molar-refractivity contribution < 1.29 is 9.53 Å². The zero-order valence-corrected chi connectivity index (χ0v) is 17.0. The van der Waals surface area contributed by atoms with Crippen LogP contribution in [-0.2, 0) is 6.54 Å². The van der Waals surface area contributed by atoms with Crippen molar-refractivity contribution in [2.45, 2.75) is 19.0 Å². The Morgan fingerprint density at radius 2 is 1.93 bits per heavy atom. The maximum atomic E-state index is 13.0. The number of nitrogens with one attached hydrogen (secondary N) is 1. The molecule has 152 valence electrons. The molecule has 1 aliphatic rings. The first kappa shape index (κ1) is 19.9. The first-order valence-corrected chi connectivity index (χ1v) is 10.1. The van der Waals surface area contributed by atoms with Crippen LogP contribution in [0.15, 0.2) is 71.7 Å². The molecule has 0 spiro atoms. The molecule has 1 heterocycles. The van der Waals surface area contributed by atoms with E-state index in [-0.39, 0.29) is 11.9 Å². The van der Waals surface area contributed by atoms with Crippen molar-refractivity contribution in [1.82, 2.24) is 5.32 Å². The Morgan fingerprint density at radius 1 is 1.10 bits per heavy atom. The molecule has 3 N–H and O–H groups in total. The molecule has 0 saturated heterocycles. The Kier molecular flexibility index (Phi) is 5.91. The van der Waals surface area contributed by atoms with Gasteiger partial charge in [0.2, 0.25) is 0 Å². The molecule has 1 atom stereocenters. The molecule has 5 nitrogen and oxygen atoms in total. The Bertz CT molecular complexity index is 1090. The highest BCUT2D eigenvalue weighted by Crippen LogP contribution is 2.26. The van der Waals surface area contributed by atoms with Crippen molar-refractivity contribution >= 4 is 12.1 Å². The van der Waals surface area contributed by atoms with Crippen molar-refractivity contribution in [3.63, 3.8) is 0 Å². The summed E-state index contributed by atoms with van der Waals surface area (Å²) in [6, 6.07) is 21.5. The summed E-state index contributed by atoms with van der Waals surface area (Å²) in [6.07, 6.45) is 2.55. The van der Waals surface area contributed by atoms with E-state index in [1.54, 1.807) is 7.11 Å². The molecule has 4 rings (SSSR count). The van der Waals surface area contributed by atoms with Gasteiger partial charge in [-0.3, -0.25) is 9.79 Å². The van der Waals surface area contributed by atoms with Crippen LogP contribution in [0.4, 0.5) is 0 Å². The quantitative estimate of drug-likeness (QED) is 0.628. The fourth-order valence-electron chi connectivity index (χ4n) is 3.71. The maximum absolute atomic E-state index is 13.0. The van der Waals surface area contributed by atoms with Gasteiger partial charge in [0.15, 0.2) is 0 Å². The number of ether oxygens (including phenoxy) is 1. The second-order valence-electron chi connectivity index (χ2n) is 7.34. The fraction of sp³-hybridized carbons (Fsp3) is 0.200. The summed E-state index contributed by atoms with van der Waals surface area (Å²) in [5.41, 5.74) is 11.8.